The molecule has 1 N–H and O–H groups in total. The van der Waals surface area contributed by atoms with Crippen molar-refractivity contribution in [1.29, 1.82) is 0 Å². The summed E-state index contributed by atoms with van der Waals surface area (Å²) in [5, 5.41) is 1.26. The average molecular weight is 379 g/mol. The number of H-pyrrole nitrogens is 1. The molecule has 0 aliphatic carbocycles. The minimum Gasteiger partial charge on any atom is -0.354 e. The number of aromatic amines is 1. The second-order valence-corrected chi connectivity index (χ2v) is 7.35. The van der Waals surface area contributed by atoms with Crippen LogP contribution in [0.4, 0.5) is 4.39 Å². The van der Waals surface area contributed by atoms with Gasteiger partial charge in [0.2, 0.25) is 0 Å². The zero-order valence-electron chi connectivity index (χ0n) is 15.3. The van der Waals surface area contributed by atoms with E-state index in [1.54, 1.807) is 12.1 Å². The van der Waals surface area contributed by atoms with Gasteiger partial charge in [-0.1, -0.05) is 54.1 Å². The lowest BCUT2D eigenvalue weighted by atomic mass is 9.94. The van der Waals surface area contributed by atoms with E-state index in [1.807, 2.05) is 12.1 Å². The van der Waals surface area contributed by atoms with Crippen LogP contribution in [0.25, 0.3) is 33.3 Å². The highest BCUT2D eigenvalue weighted by Crippen LogP contribution is 2.40. The second-order valence-electron chi connectivity index (χ2n) is 6.94. The third kappa shape index (κ3) is 3.36. The normalized spacial score (nSPS) is 11.4. The summed E-state index contributed by atoms with van der Waals surface area (Å²) in [6.07, 6.45) is 0. The fraction of sp³-hybridized carbons (Fsp3) is 0.130. The van der Waals surface area contributed by atoms with Crippen LogP contribution in [0.5, 0.6) is 0 Å². The van der Waals surface area contributed by atoms with E-state index in [0.717, 1.165) is 34.3 Å². The summed E-state index contributed by atoms with van der Waals surface area (Å²) in [7, 11) is 4.12. The molecule has 0 unspecified atom stereocenters. The molecule has 3 aromatic carbocycles. The summed E-state index contributed by atoms with van der Waals surface area (Å²) in [6, 6.07) is 21.5. The lowest BCUT2D eigenvalue weighted by Crippen LogP contribution is -2.11. The van der Waals surface area contributed by atoms with Gasteiger partial charge in [0.25, 0.3) is 0 Å². The molecule has 0 saturated carbocycles. The molecule has 0 amide bonds. The number of para-hydroxylation sites is 1. The van der Waals surface area contributed by atoms with Crippen LogP contribution < -0.4 is 0 Å². The Bertz CT molecular complexity index is 1110. The summed E-state index contributed by atoms with van der Waals surface area (Å²) in [5.41, 5.74) is 6.38. The van der Waals surface area contributed by atoms with Crippen LogP contribution in [0, 0.1) is 5.82 Å². The first-order chi connectivity index (χ1) is 13.0. The van der Waals surface area contributed by atoms with Gasteiger partial charge in [0.15, 0.2) is 0 Å². The summed E-state index contributed by atoms with van der Waals surface area (Å²) < 4.78 is 13.7. The number of fused-ring (bicyclic) bond motifs is 1. The first-order valence-corrected chi connectivity index (χ1v) is 9.21. The molecule has 0 saturated heterocycles. The Morgan fingerprint density at radius 2 is 1.70 bits per heavy atom. The summed E-state index contributed by atoms with van der Waals surface area (Å²) in [6.45, 7) is 0.833. The van der Waals surface area contributed by atoms with Crippen LogP contribution in [0.2, 0.25) is 5.02 Å². The van der Waals surface area contributed by atoms with Gasteiger partial charge < -0.3 is 9.88 Å². The van der Waals surface area contributed by atoms with Crippen molar-refractivity contribution in [2.45, 2.75) is 6.54 Å². The molecular formula is C23H20ClFN2. The van der Waals surface area contributed by atoms with Gasteiger partial charge in [0.05, 0.1) is 10.7 Å². The van der Waals surface area contributed by atoms with Crippen molar-refractivity contribution < 1.29 is 4.39 Å². The van der Waals surface area contributed by atoms with E-state index >= 15 is 0 Å². The highest BCUT2D eigenvalue weighted by molar-refractivity contribution is 6.31. The smallest absolute Gasteiger partial charge is 0.141 e. The quantitative estimate of drug-likeness (QED) is 0.438. The Kier molecular flexibility index (Phi) is 4.73. The molecule has 2 nitrogen and oxygen atoms in total. The Balaban J connectivity index is 2.01. The lowest BCUT2D eigenvalue weighted by Gasteiger charge is -2.15. The molecule has 1 heterocycles. The average Bonchev–Trinajstić information content (AvgIpc) is 3.03. The second kappa shape index (κ2) is 7.18. The summed E-state index contributed by atoms with van der Waals surface area (Å²) in [4.78, 5) is 5.67. The van der Waals surface area contributed by atoms with Crippen molar-refractivity contribution in [3.05, 3.63) is 83.1 Å². The summed E-state index contributed by atoms with van der Waals surface area (Å²) >= 11 is 6.07. The lowest BCUT2D eigenvalue weighted by molar-refractivity contribution is 0.403. The van der Waals surface area contributed by atoms with Gasteiger partial charge in [0.1, 0.15) is 5.82 Å². The Morgan fingerprint density at radius 3 is 2.48 bits per heavy atom. The molecule has 0 aliphatic heterocycles. The standard InChI is InChI=1S/C23H20ClFN2/c1-27(2)14-16-7-3-4-8-17(16)22-18-9-5-6-10-21(18)26-23(22)15-11-12-20(25)19(24)13-15/h3-13,26H,14H2,1-2H3. The SMILES string of the molecule is CN(C)Cc1ccccc1-c1c(-c2ccc(F)c(Cl)c2)[nH]c2ccccc12. The highest BCUT2D eigenvalue weighted by Gasteiger charge is 2.18. The minimum absolute atomic E-state index is 0.124. The van der Waals surface area contributed by atoms with E-state index in [-0.39, 0.29) is 5.02 Å². The van der Waals surface area contributed by atoms with Crippen LogP contribution in [0.15, 0.2) is 66.7 Å². The largest absolute Gasteiger partial charge is 0.354 e. The number of rotatable bonds is 4. The van der Waals surface area contributed by atoms with Crippen molar-refractivity contribution in [2.75, 3.05) is 14.1 Å². The highest BCUT2D eigenvalue weighted by atomic mass is 35.5. The van der Waals surface area contributed by atoms with Crippen molar-refractivity contribution >= 4 is 22.5 Å². The third-order valence-electron chi connectivity index (χ3n) is 4.69. The maximum atomic E-state index is 13.7. The van der Waals surface area contributed by atoms with E-state index < -0.39 is 5.82 Å². The first kappa shape index (κ1) is 17.8. The fourth-order valence-corrected chi connectivity index (χ4v) is 3.71. The summed E-state index contributed by atoms with van der Waals surface area (Å²) in [5.74, 6) is -0.411. The predicted molar refractivity (Wildman–Crippen MR) is 112 cm³/mol. The molecule has 27 heavy (non-hydrogen) atoms. The molecule has 4 aromatic rings. The van der Waals surface area contributed by atoms with E-state index in [9.17, 15) is 4.39 Å². The molecule has 0 fully saturated rings. The zero-order valence-corrected chi connectivity index (χ0v) is 16.0. The first-order valence-electron chi connectivity index (χ1n) is 8.83. The van der Waals surface area contributed by atoms with E-state index in [0.29, 0.717) is 0 Å². The third-order valence-corrected chi connectivity index (χ3v) is 4.98. The van der Waals surface area contributed by atoms with Gasteiger partial charge in [0, 0.05) is 28.6 Å². The number of hydrogen-bond donors (Lipinski definition) is 1. The van der Waals surface area contributed by atoms with E-state index in [1.165, 1.54) is 17.2 Å². The van der Waals surface area contributed by atoms with Crippen molar-refractivity contribution in [3.8, 4) is 22.4 Å². The van der Waals surface area contributed by atoms with Gasteiger partial charge in [-0.3, -0.25) is 0 Å². The molecular weight excluding hydrogens is 359 g/mol. The molecule has 136 valence electrons. The molecule has 0 aliphatic rings. The van der Waals surface area contributed by atoms with Gasteiger partial charge in [-0.05, 0) is 49.5 Å². The van der Waals surface area contributed by atoms with Crippen LogP contribution in [-0.2, 0) is 6.54 Å². The fourth-order valence-electron chi connectivity index (χ4n) is 3.53. The van der Waals surface area contributed by atoms with Crippen LogP contribution in [0.1, 0.15) is 5.56 Å². The monoisotopic (exact) mass is 378 g/mol. The van der Waals surface area contributed by atoms with Gasteiger partial charge in [-0.2, -0.15) is 0 Å². The molecule has 4 rings (SSSR count). The number of aromatic nitrogens is 1. The predicted octanol–water partition coefficient (Wildman–Crippen LogP) is 6.36. The molecule has 0 atom stereocenters. The van der Waals surface area contributed by atoms with Crippen molar-refractivity contribution in [3.63, 3.8) is 0 Å². The molecule has 0 spiro atoms. The Morgan fingerprint density at radius 1 is 0.963 bits per heavy atom. The van der Waals surface area contributed by atoms with Gasteiger partial charge in [-0.25, -0.2) is 4.39 Å². The number of nitrogens with one attached hydrogen (secondary N) is 1. The maximum Gasteiger partial charge on any atom is 0.141 e. The van der Waals surface area contributed by atoms with Crippen molar-refractivity contribution in [1.82, 2.24) is 9.88 Å². The Hall–Kier alpha value is -2.62. The molecule has 4 heteroatoms. The number of hydrogen-bond acceptors (Lipinski definition) is 1. The van der Waals surface area contributed by atoms with E-state index in [4.69, 9.17) is 11.6 Å². The van der Waals surface area contributed by atoms with Crippen LogP contribution in [-0.4, -0.2) is 24.0 Å². The Labute approximate surface area is 163 Å². The molecule has 0 radical (unpaired) electrons. The zero-order chi connectivity index (χ0) is 19.0. The number of halogens is 2. The topological polar surface area (TPSA) is 19.0 Å². The van der Waals surface area contributed by atoms with E-state index in [2.05, 4.69) is 60.4 Å². The maximum absolute atomic E-state index is 13.7. The van der Waals surface area contributed by atoms with Crippen LogP contribution >= 0.6 is 11.6 Å². The molecule has 1 aromatic heterocycles. The van der Waals surface area contributed by atoms with Crippen LogP contribution in [0.3, 0.4) is 0 Å². The minimum atomic E-state index is -0.411. The number of nitrogens with zero attached hydrogens (tertiary/aromatic N) is 1. The van der Waals surface area contributed by atoms with Gasteiger partial charge >= 0.3 is 0 Å². The molecule has 0 bridgehead atoms. The number of benzene rings is 3. The van der Waals surface area contributed by atoms with Gasteiger partial charge in [-0.15, -0.1) is 0 Å². The van der Waals surface area contributed by atoms with Crippen molar-refractivity contribution in [2.24, 2.45) is 0 Å².